The summed E-state index contributed by atoms with van der Waals surface area (Å²) in [7, 11) is 0. The van der Waals surface area contributed by atoms with Crippen molar-refractivity contribution >= 4 is 11.5 Å². The Balaban J connectivity index is 1.85. The van der Waals surface area contributed by atoms with E-state index in [0.717, 1.165) is 48.2 Å². The molecule has 0 saturated carbocycles. The monoisotopic (exact) mass is 349 g/mol. The van der Waals surface area contributed by atoms with Gasteiger partial charge in [-0.1, -0.05) is 67.6 Å². The summed E-state index contributed by atoms with van der Waals surface area (Å²) in [6.07, 6.45) is 1.71. The van der Waals surface area contributed by atoms with Crippen LogP contribution in [0.2, 0.25) is 0 Å². The van der Waals surface area contributed by atoms with Crippen LogP contribution in [0, 0.1) is 0 Å². The van der Waals surface area contributed by atoms with Crippen LogP contribution in [0.5, 0.6) is 0 Å². The molecule has 0 amide bonds. The zero-order valence-corrected chi connectivity index (χ0v) is 15.7. The molecule has 0 fully saturated rings. The molecule has 2 aromatic carbocycles. The van der Waals surface area contributed by atoms with Gasteiger partial charge in [0.15, 0.2) is 0 Å². The lowest BCUT2D eigenvalue weighted by Gasteiger charge is -2.30. The van der Waals surface area contributed by atoms with Crippen molar-refractivity contribution in [3.63, 3.8) is 0 Å². The SMILES string of the molecule is CCCN1CCC(c2ccccc2)=C(C(=O)OC(C)c2ccccc2)C1. The van der Waals surface area contributed by atoms with E-state index in [9.17, 15) is 4.79 Å². The molecule has 0 aliphatic carbocycles. The molecular weight excluding hydrogens is 322 g/mol. The van der Waals surface area contributed by atoms with Gasteiger partial charge in [0.2, 0.25) is 0 Å². The first-order valence-corrected chi connectivity index (χ1v) is 9.44. The van der Waals surface area contributed by atoms with Crippen LogP contribution in [-0.2, 0) is 9.53 Å². The highest BCUT2D eigenvalue weighted by Crippen LogP contribution is 2.29. The van der Waals surface area contributed by atoms with Gasteiger partial charge in [0.25, 0.3) is 0 Å². The molecule has 3 nitrogen and oxygen atoms in total. The van der Waals surface area contributed by atoms with Crippen molar-refractivity contribution in [3.8, 4) is 0 Å². The van der Waals surface area contributed by atoms with Crippen LogP contribution in [0.25, 0.3) is 5.57 Å². The van der Waals surface area contributed by atoms with Crippen LogP contribution in [-0.4, -0.2) is 30.5 Å². The van der Waals surface area contributed by atoms with E-state index in [4.69, 9.17) is 4.74 Å². The van der Waals surface area contributed by atoms with Gasteiger partial charge in [0.1, 0.15) is 6.10 Å². The molecule has 0 bridgehead atoms. The minimum Gasteiger partial charge on any atom is -0.454 e. The number of rotatable bonds is 6. The van der Waals surface area contributed by atoms with Crippen molar-refractivity contribution in [3.05, 3.63) is 77.4 Å². The summed E-state index contributed by atoms with van der Waals surface area (Å²) in [6.45, 7) is 6.77. The van der Waals surface area contributed by atoms with E-state index < -0.39 is 0 Å². The predicted octanol–water partition coefficient (Wildman–Crippen LogP) is 4.86. The second-order valence-electron chi connectivity index (χ2n) is 6.81. The average molecular weight is 349 g/mol. The zero-order chi connectivity index (χ0) is 18.4. The molecule has 1 unspecified atom stereocenters. The lowest BCUT2D eigenvalue weighted by Crippen LogP contribution is -2.35. The molecule has 0 saturated heterocycles. The Hall–Kier alpha value is -2.39. The Morgan fingerprint density at radius 1 is 1.08 bits per heavy atom. The maximum absolute atomic E-state index is 13.0. The fourth-order valence-electron chi connectivity index (χ4n) is 3.50. The summed E-state index contributed by atoms with van der Waals surface area (Å²) in [5.74, 6) is -0.194. The molecule has 2 aromatic rings. The number of carbonyl (C=O) groups excluding carboxylic acids is 1. The van der Waals surface area contributed by atoms with Gasteiger partial charge in [0.05, 0.1) is 5.57 Å². The number of nitrogens with zero attached hydrogens (tertiary/aromatic N) is 1. The van der Waals surface area contributed by atoms with Crippen LogP contribution in [0.15, 0.2) is 66.2 Å². The lowest BCUT2D eigenvalue weighted by atomic mass is 9.93. The Labute approximate surface area is 156 Å². The summed E-state index contributed by atoms with van der Waals surface area (Å²) in [6, 6.07) is 20.1. The molecular formula is C23H27NO2. The fourth-order valence-corrected chi connectivity index (χ4v) is 3.50. The molecule has 1 heterocycles. The number of esters is 1. The van der Waals surface area contributed by atoms with E-state index in [1.165, 1.54) is 0 Å². The first-order valence-electron chi connectivity index (χ1n) is 9.44. The number of carbonyl (C=O) groups is 1. The van der Waals surface area contributed by atoms with E-state index in [-0.39, 0.29) is 12.1 Å². The highest BCUT2D eigenvalue weighted by molar-refractivity contribution is 5.98. The van der Waals surface area contributed by atoms with Crippen LogP contribution < -0.4 is 0 Å². The summed E-state index contributed by atoms with van der Waals surface area (Å²) in [5.41, 5.74) is 4.08. The maximum Gasteiger partial charge on any atom is 0.336 e. The van der Waals surface area contributed by atoms with Gasteiger partial charge < -0.3 is 4.74 Å². The van der Waals surface area contributed by atoms with Crippen molar-refractivity contribution in [2.45, 2.75) is 32.8 Å². The van der Waals surface area contributed by atoms with E-state index in [1.807, 2.05) is 55.5 Å². The van der Waals surface area contributed by atoms with Gasteiger partial charge in [0, 0.05) is 13.1 Å². The molecule has 0 spiro atoms. The lowest BCUT2D eigenvalue weighted by molar-refractivity contribution is -0.144. The molecule has 0 aromatic heterocycles. The smallest absolute Gasteiger partial charge is 0.336 e. The average Bonchev–Trinajstić information content (AvgIpc) is 2.69. The van der Waals surface area contributed by atoms with Crippen molar-refractivity contribution in [1.82, 2.24) is 4.90 Å². The Bertz CT molecular complexity index is 752. The predicted molar refractivity (Wildman–Crippen MR) is 106 cm³/mol. The van der Waals surface area contributed by atoms with Gasteiger partial charge in [-0.05, 0) is 43.0 Å². The Kier molecular flexibility index (Phi) is 6.24. The minimum absolute atomic E-state index is 0.194. The fraction of sp³-hybridized carbons (Fsp3) is 0.348. The van der Waals surface area contributed by atoms with Crippen molar-refractivity contribution in [1.29, 1.82) is 0 Å². The number of hydrogen-bond donors (Lipinski definition) is 0. The quantitative estimate of drug-likeness (QED) is 0.698. The van der Waals surface area contributed by atoms with Gasteiger partial charge in [-0.3, -0.25) is 4.90 Å². The second kappa shape index (κ2) is 8.81. The Morgan fingerprint density at radius 3 is 2.38 bits per heavy atom. The number of hydrogen-bond acceptors (Lipinski definition) is 3. The summed E-state index contributed by atoms with van der Waals surface area (Å²) in [5, 5.41) is 0. The number of ether oxygens (including phenoxy) is 1. The van der Waals surface area contributed by atoms with Crippen molar-refractivity contribution in [2.75, 3.05) is 19.6 Å². The molecule has 1 atom stereocenters. The Morgan fingerprint density at radius 2 is 1.73 bits per heavy atom. The normalized spacial score (nSPS) is 16.4. The van der Waals surface area contributed by atoms with Gasteiger partial charge in [-0.25, -0.2) is 4.79 Å². The standard InChI is InChI=1S/C23H27NO2/c1-3-15-24-16-14-21(20-12-8-5-9-13-20)22(17-24)23(25)26-18(2)19-10-6-4-7-11-19/h4-13,18H,3,14-17H2,1-2H3. The molecule has 0 N–H and O–H groups in total. The molecule has 3 heteroatoms. The van der Waals surface area contributed by atoms with Crippen LogP contribution >= 0.6 is 0 Å². The topological polar surface area (TPSA) is 29.5 Å². The van der Waals surface area contributed by atoms with E-state index in [0.29, 0.717) is 6.54 Å². The van der Waals surface area contributed by atoms with Gasteiger partial charge in [-0.2, -0.15) is 0 Å². The highest BCUT2D eigenvalue weighted by Gasteiger charge is 2.26. The molecule has 1 aliphatic rings. The van der Waals surface area contributed by atoms with Crippen LogP contribution in [0.1, 0.15) is 43.9 Å². The molecule has 26 heavy (non-hydrogen) atoms. The van der Waals surface area contributed by atoms with Crippen molar-refractivity contribution in [2.24, 2.45) is 0 Å². The summed E-state index contributed by atoms with van der Waals surface area (Å²) in [4.78, 5) is 15.4. The molecule has 1 aliphatic heterocycles. The largest absolute Gasteiger partial charge is 0.454 e. The van der Waals surface area contributed by atoms with E-state index >= 15 is 0 Å². The first kappa shape index (κ1) is 18.4. The maximum atomic E-state index is 13.0. The van der Waals surface area contributed by atoms with Gasteiger partial charge >= 0.3 is 5.97 Å². The van der Waals surface area contributed by atoms with Crippen LogP contribution in [0.4, 0.5) is 0 Å². The number of benzene rings is 2. The second-order valence-corrected chi connectivity index (χ2v) is 6.81. The molecule has 136 valence electrons. The third-order valence-electron chi connectivity index (χ3n) is 4.89. The molecule has 3 rings (SSSR count). The zero-order valence-electron chi connectivity index (χ0n) is 15.7. The third-order valence-corrected chi connectivity index (χ3v) is 4.89. The third kappa shape index (κ3) is 4.41. The van der Waals surface area contributed by atoms with Crippen LogP contribution in [0.3, 0.4) is 0 Å². The van der Waals surface area contributed by atoms with E-state index in [1.54, 1.807) is 0 Å². The minimum atomic E-state index is -0.255. The van der Waals surface area contributed by atoms with Gasteiger partial charge in [-0.15, -0.1) is 0 Å². The van der Waals surface area contributed by atoms with Crippen molar-refractivity contribution < 1.29 is 9.53 Å². The first-order chi connectivity index (χ1) is 12.7. The summed E-state index contributed by atoms with van der Waals surface area (Å²) >= 11 is 0. The summed E-state index contributed by atoms with van der Waals surface area (Å²) < 4.78 is 5.83. The van der Waals surface area contributed by atoms with E-state index in [2.05, 4.69) is 24.0 Å². The highest BCUT2D eigenvalue weighted by atomic mass is 16.5. The molecule has 0 radical (unpaired) electrons.